The van der Waals surface area contributed by atoms with Gasteiger partial charge in [0, 0.05) is 22.7 Å². The minimum atomic E-state index is -0.0129. The maximum atomic E-state index is 10.5. The maximum absolute atomic E-state index is 10.5. The van der Waals surface area contributed by atoms with E-state index in [1.807, 2.05) is 25.1 Å². The van der Waals surface area contributed by atoms with Crippen molar-refractivity contribution in [1.82, 2.24) is 0 Å². The molecule has 1 unspecified atom stereocenters. The molecule has 0 N–H and O–H groups in total. The van der Waals surface area contributed by atoms with Crippen LogP contribution in [-0.4, -0.2) is 6.29 Å². The number of benzene rings is 1. The van der Waals surface area contributed by atoms with Crippen molar-refractivity contribution in [3.05, 3.63) is 35.0 Å². The first-order valence-electron chi connectivity index (χ1n) is 4.82. The highest BCUT2D eigenvalue weighted by atomic mass is 35.5. The first-order valence-corrected chi connectivity index (χ1v) is 5.20. The van der Waals surface area contributed by atoms with E-state index in [4.69, 9.17) is 16.0 Å². The van der Waals surface area contributed by atoms with Crippen LogP contribution in [0.3, 0.4) is 0 Å². The molecule has 0 radical (unpaired) electrons. The van der Waals surface area contributed by atoms with Crippen LogP contribution in [0.4, 0.5) is 0 Å². The van der Waals surface area contributed by atoms with E-state index < -0.39 is 0 Å². The van der Waals surface area contributed by atoms with E-state index in [1.54, 1.807) is 6.07 Å². The molecule has 0 saturated heterocycles. The lowest BCUT2D eigenvalue weighted by molar-refractivity contribution is -0.110. The quantitative estimate of drug-likeness (QED) is 0.745. The second kappa shape index (κ2) is 4.07. The van der Waals surface area contributed by atoms with Crippen molar-refractivity contribution in [2.24, 2.45) is 5.92 Å². The van der Waals surface area contributed by atoms with E-state index in [0.717, 1.165) is 23.0 Å². The molecule has 0 amide bonds. The average Bonchev–Trinajstić information content (AvgIpc) is 2.59. The van der Waals surface area contributed by atoms with Crippen molar-refractivity contribution in [2.75, 3.05) is 0 Å². The van der Waals surface area contributed by atoms with Gasteiger partial charge in [0.25, 0.3) is 0 Å². The van der Waals surface area contributed by atoms with E-state index in [0.29, 0.717) is 11.4 Å². The number of aldehydes is 1. The van der Waals surface area contributed by atoms with E-state index >= 15 is 0 Å². The van der Waals surface area contributed by atoms with Crippen molar-refractivity contribution in [3.63, 3.8) is 0 Å². The highest BCUT2D eigenvalue weighted by molar-refractivity contribution is 6.31. The fraction of sp³-hybridized carbons (Fsp3) is 0.250. The number of carbonyl (C=O) groups excluding carboxylic acids is 1. The Morgan fingerprint density at radius 3 is 3.00 bits per heavy atom. The number of hydrogen-bond donors (Lipinski definition) is 0. The Morgan fingerprint density at radius 1 is 1.47 bits per heavy atom. The summed E-state index contributed by atoms with van der Waals surface area (Å²) in [6.45, 7) is 1.87. The second-order valence-electron chi connectivity index (χ2n) is 3.71. The zero-order valence-electron chi connectivity index (χ0n) is 8.37. The van der Waals surface area contributed by atoms with Crippen LogP contribution in [0, 0.1) is 5.92 Å². The Bertz CT molecular complexity index is 487. The van der Waals surface area contributed by atoms with Crippen molar-refractivity contribution in [3.8, 4) is 0 Å². The molecule has 0 bridgehead atoms. The lowest BCUT2D eigenvalue weighted by Gasteiger charge is -1.97. The maximum Gasteiger partial charge on any atom is 0.134 e. The molecule has 2 aromatic rings. The van der Waals surface area contributed by atoms with Gasteiger partial charge in [-0.25, -0.2) is 0 Å². The van der Waals surface area contributed by atoms with Gasteiger partial charge in [-0.3, -0.25) is 0 Å². The highest BCUT2D eigenvalue weighted by Gasteiger charge is 2.07. The topological polar surface area (TPSA) is 30.2 Å². The van der Waals surface area contributed by atoms with Crippen LogP contribution >= 0.6 is 11.6 Å². The molecule has 0 aliphatic rings. The molecular weight excluding hydrogens is 212 g/mol. The monoisotopic (exact) mass is 222 g/mol. The zero-order valence-corrected chi connectivity index (χ0v) is 9.12. The Morgan fingerprint density at radius 2 is 2.27 bits per heavy atom. The number of furan rings is 1. The molecule has 0 aliphatic carbocycles. The Labute approximate surface area is 92.8 Å². The fourth-order valence-corrected chi connectivity index (χ4v) is 1.72. The standard InChI is InChI=1S/C12H11ClO2/c1-8(7-14)4-11-6-9-5-10(13)2-3-12(9)15-11/h2-3,5-8H,4H2,1H3. The predicted molar refractivity (Wildman–Crippen MR) is 60.2 cm³/mol. The van der Waals surface area contributed by atoms with E-state index in [1.165, 1.54) is 0 Å². The summed E-state index contributed by atoms with van der Waals surface area (Å²) in [5.74, 6) is 0.813. The normalized spacial score (nSPS) is 12.9. The van der Waals surface area contributed by atoms with Crippen molar-refractivity contribution in [2.45, 2.75) is 13.3 Å². The van der Waals surface area contributed by atoms with E-state index in [2.05, 4.69) is 0 Å². The van der Waals surface area contributed by atoms with Gasteiger partial charge in [-0.2, -0.15) is 0 Å². The molecule has 2 nitrogen and oxygen atoms in total. The predicted octanol–water partition coefficient (Wildman–Crippen LogP) is 3.46. The molecule has 1 heterocycles. The van der Waals surface area contributed by atoms with Crippen LogP contribution in [0.15, 0.2) is 28.7 Å². The van der Waals surface area contributed by atoms with Gasteiger partial charge in [-0.1, -0.05) is 18.5 Å². The van der Waals surface area contributed by atoms with Gasteiger partial charge in [0.15, 0.2) is 0 Å². The minimum Gasteiger partial charge on any atom is -0.461 e. The van der Waals surface area contributed by atoms with Gasteiger partial charge in [-0.15, -0.1) is 0 Å². The smallest absolute Gasteiger partial charge is 0.134 e. The number of hydrogen-bond acceptors (Lipinski definition) is 2. The molecule has 15 heavy (non-hydrogen) atoms. The molecule has 2 rings (SSSR count). The largest absolute Gasteiger partial charge is 0.461 e. The number of rotatable bonds is 3. The van der Waals surface area contributed by atoms with Gasteiger partial charge in [0.2, 0.25) is 0 Å². The van der Waals surface area contributed by atoms with Gasteiger partial charge < -0.3 is 9.21 Å². The van der Waals surface area contributed by atoms with Crippen LogP contribution in [0.25, 0.3) is 11.0 Å². The molecule has 0 spiro atoms. The van der Waals surface area contributed by atoms with Crippen LogP contribution < -0.4 is 0 Å². The molecule has 1 aromatic heterocycles. The van der Waals surface area contributed by atoms with Crippen LogP contribution in [-0.2, 0) is 11.2 Å². The zero-order chi connectivity index (χ0) is 10.8. The summed E-state index contributed by atoms with van der Waals surface area (Å²) in [7, 11) is 0. The molecule has 0 saturated carbocycles. The summed E-state index contributed by atoms with van der Waals surface area (Å²) in [5, 5.41) is 1.67. The molecule has 1 atom stereocenters. The summed E-state index contributed by atoms with van der Waals surface area (Å²) in [6.07, 6.45) is 1.57. The minimum absolute atomic E-state index is 0.0129. The Hall–Kier alpha value is -1.28. The third-order valence-corrected chi connectivity index (χ3v) is 2.52. The van der Waals surface area contributed by atoms with Gasteiger partial charge in [-0.05, 0) is 24.3 Å². The SMILES string of the molecule is CC(C=O)Cc1cc2cc(Cl)ccc2o1. The highest BCUT2D eigenvalue weighted by Crippen LogP contribution is 2.24. The first kappa shape index (κ1) is 10.2. The van der Waals surface area contributed by atoms with Gasteiger partial charge in [0.05, 0.1) is 0 Å². The van der Waals surface area contributed by atoms with E-state index in [-0.39, 0.29) is 5.92 Å². The van der Waals surface area contributed by atoms with Crippen LogP contribution in [0.5, 0.6) is 0 Å². The molecule has 3 heteroatoms. The van der Waals surface area contributed by atoms with Gasteiger partial charge in [0.1, 0.15) is 17.6 Å². The summed E-state index contributed by atoms with van der Waals surface area (Å²) < 4.78 is 5.58. The lowest BCUT2D eigenvalue weighted by atomic mass is 10.1. The summed E-state index contributed by atoms with van der Waals surface area (Å²) in [6, 6.07) is 7.42. The fourth-order valence-electron chi connectivity index (χ4n) is 1.54. The second-order valence-corrected chi connectivity index (χ2v) is 4.15. The first-order chi connectivity index (χ1) is 7.19. The average molecular weight is 223 g/mol. The molecule has 1 aromatic carbocycles. The van der Waals surface area contributed by atoms with Gasteiger partial charge >= 0.3 is 0 Å². The summed E-state index contributed by atoms with van der Waals surface area (Å²) in [5.41, 5.74) is 0.812. The van der Waals surface area contributed by atoms with Crippen LogP contribution in [0.2, 0.25) is 5.02 Å². The Balaban J connectivity index is 2.34. The van der Waals surface area contributed by atoms with E-state index in [9.17, 15) is 4.79 Å². The third-order valence-electron chi connectivity index (χ3n) is 2.28. The lowest BCUT2D eigenvalue weighted by Crippen LogP contribution is -1.98. The van der Waals surface area contributed by atoms with Crippen molar-refractivity contribution >= 4 is 28.9 Å². The Kier molecular flexibility index (Phi) is 2.78. The summed E-state index contributed by atoms with van der Waals surface area (Å²) >= 11 is 5.86. The molecular formula is C12H11ClO2. The molecule has 78 valence electrons. The van der Waals surface area contributed by atoms with Crippen molar-refractivity contribution in [1.29, 1.82) is 0 Å². The molecule has 0 fully saturated rings. The third kappa shape index (κ3) is 2.21. The number of fused-ring (bicyclic) bond motifs is 1. The number of halogens is 1. The number of carbonyl (C=O) groups is 1. The molecule has 0 aliphatic heterocycles. The van der Waals surface area contributed by atoms with Crippen LogP contribution in [0.1, 0.15) is 12.7 Å². The summed E-state index contributed by atoms with van der Waals surface area (Å²) in [4.78, 5) is 10.5. The van der Waals surface area contributed by atoms with Crippen molar-refractivity contribution < 1.29 is 9.21 Å².